The molecule has 5 heteroatoms. The molecule has 0 aliphatic heterocycles. The predicted octanol–water partition coefficient (Wildman–Crippen LogP) is 3.32. The van der Waals surface area contributed by atoms with Crippen LogP contribution in [0, 0.1) is 0 Å². The van der Waals surface area contributed by atoms with E-state index in [9.17, 15) is 9.59 Å². The molecule has 2 aromatic carbocycles. The predicted molar refractivity (Wildman–Crippen MR) is 98.4 cm³/mol. The molecule has 0 unspecified atom stereocenters. The van der Waals surface area contributed by atoms with Gasteiger partial charge in [0.25, 0.3) is 0 Å². The Labute approximate surface area is 148 Å². The summed E-state index contributed by atoms with van der Waals surface area (Å²) < 4.78 is 4.95. The van der Waals surface area contributed by atoms with Crippen molar-refractivity contribution in [2.24, 2.45) is 0 Å². The lowest BCUT2D eigenvalue weighted by atomic mass is 10.2. The van der Waals surface area contributed by atoms with Crippen LogP contribution < -0.4 is 5.32 Å². The molecule has 5 nitrogen and oxygen atoms in total. The van der Waals surface area contributed by atoms with Crippen molar-refractivity contribution >= 4 is 17.6 Å². The van der Waals surface area contributed by atoms with E-state index in [1.807, 2.05) is 49.5 Å². The third-order valence-corrected chi connectivity index (χ3v) is 3.75. The molecule has 0 saturated heterocycles. The van der Waals surface area contributed by atoms with Gasteiger partial charge in [0, 0.05) is 32.2 Å². The number of anilines is 1. The van der Waals surface area contributed by atoms with Crippen molar-refractivity contribution in [1.29, 1.82) is 0 Å². The first-order chi connectivity index (χ1) is 12.1. The normalized spacial score (nSPS) is 10.2. The van der Waals surface area contributed by atoms with Gasteiger partial charge in [0.05, 0.1) is 12.2 Å². The first kappa shape index (κ1) is 18.5. The molecule has 0 radical (unpaired) electrons. The second-order valence-electron chi connectivity index (χ2n) is 5.71. The summed E-state index contributed by atoms with van der Waals surface area (Å²) in [4.78, 5) is 25.5. The summed E-state index contributed by atoms with van der Waals surface area (Å²) in [6.45, 7) is 3.28. The largest absolute Gasteiger partial charge is 0.462 e. The Kier molecular flexibility index (Phi) is 7.01. The number of ether oxygens (including phenoxy) is 1. The molecule has 25 heavy (non-hydrogen) atoms. The summed E-state index contributed by atoms with van der Waals surface area (Å²) in [5.74, 6) is -0.244. The van der Waals surface area contributed by atoms with Gasteiger partial charge in [-0.15, -0.1) is 0 Å². The van der Waals surface area contributed by atoms with Crippen LogP contribution in [-0.2, 0) is 16.1 Å². The van der Waals surface area contributed by atoms with E-state index in [4.69, 9.17) is 4.74 Å². The van der Waals surface area contributed by atoms with E-state index in [2.05, 4.69) is 5.32 Å². The van der Waals surface area contributed by atoms with Crippen LogP contribution in [0.5, 0.6) is 0 Å². The Morgan fingerprint density at radius 2 is 1.72 bits per heavy atom. The Morgan fingerprint density at radius 3 is 2.36 bits per heavy atom. The molecule has 0 fully saturated rings. The fraction of sp³-hybridized carbons (Fsp3) is 0.300. The molecule has 1 amide bonds. The number of esters is 1. The maximum absolute atomic E-state index is 12.2. The Morgan fingerprint density at radius 1 is 1.04 bits per heavy atom. The molecule has 132 valence electrons. The van der Waals surface area contributed by atoms with Gasteiger partial charge in [-0.1, -0.05) is 30.3 Å². The van der Waals surface area contributed by atoms with Gasteiger partial charge in [0.1, 0.15) is 0 Å². The number of hydrogen-bond acceptors (Lipinski definition) is 4. The Hall–Kier alpha value is -2.82. The van der Waals surface area contributed by atoms with Crippen molar-refractivity contribution in [3.8, 4) is 0 Å². The van der Waals surface area contributed by atoms with E-state index in [1.165, 1.54) is 0 Å². The van der Waals surface area contributed by atoms with E-state index in [0.717, 1.165) is 11.3 Å². The van der Waals surface area contributed by atoms with Crippen LogP contribution in [0.15, 0.2) is 54.6 Å². The lowest BCUT2D eigenvalue weighted by Crippen LogP contribution is -2.27. The van der Waals surface area contributed by atoms with Crippen molar-refractivity contribution in [3.63, 3.8) is 0 Å². The van der Waals surface area contributed by atoms with E-state index >= 15 is 0 Å². The van der Waals surface area contributed by atoms with Crippen LogP contribution in [0.2, 0.25) is 0 Å². The first-order valence-electron chi connectivity index (χ1n) is 8.39. The van der Waals surface area contributed by atoms with Gasteiger partial charge in [-0.3, -0.25) is 4.79 Å². The molecule has 0 aromatic heterocycles. The zero-order chi connectivity index (χ0) is 18.1. The minimum atomic E-state index is -0.327. The second-order valence-corrected chi connectivity index (χ2v) is 5.71. The molecule has 0 bridgehead atoms. The summed E-state index contributed by atoms with van der Waals surface area (Å²) in [6.07, 6.45) is 0.406. The van der Waals surface area contributed by atoms with Crippen LogP contribution in [0.4, 0.5) is 5.69 Å². The number of carbonyl (C=O) groups excluding carboxylic acids is 2. The number of nitrogens with zero attached hydrogens (tertiary/aromatic N) is 1. The Bertz CT molecular complexity index is 684. The van der Waals surface area contributed by atoms with Crippen molar-refractivity contribution < 1.29 is 14.3 Å². The minimum absolute atomic E-state index is 0.0829. The highest BCUT2D eigenvalue weighted by molar-refractivity contribution is 5.89. The molecule has 2 aromatic rings. The average Bonchev–Trinajstić information content (AvgIpc) is 2.63. The maximum atomic E-state index is 12.2. The van der Waals surface area contributed by atoms with Crippen LogP contribution >= 0.6 is 0 Å². The van der Waals surface area contributed by atoms with E-state index in [1.54, 1.807) is 24.0 Å². The van der Waals surface area contributed by atoms with Crippen LogP contribution in [0.1, 0.15) is 29.3 Å². The molecule has 0 aliphatic rings. The zero-order valence-corrected chi connectivity index (χ0v) is 14.7. The zero-order valence-electron chi connectivity index (χ0n) is 14.7. The third kappa shape index (κ3) is 5.95. The third-order valence-electron chi connectivity index (χ3n) is 3.75. The summed E-state index contributed by atoms with van der Waals surface area (Å²) in [6, 6.07) is 17.0. The SMILES string of the molecule is CCOC(=O)c1ccc(NCCC(=O)N(C)Cc2ccccc2)cc1. The standard InChI is InChI=1S/C20H24N2O3/c1-3-25-20(24)17-9-11-18(12-10-17)21-14-13-19(23)22(2)15-16-7-5-4-6-8-16/h4-12,21H,3,13-15H2,1-2H3. The van der Waals surface area contributed by atoms with Crippen LogP contribution in [0.3, 0.4) is 0 Å². The number of nitrogens with one attached hydrogen (secondary N) is 1. The van der Waals surface area contributed by atoms with Gasteiger partial charge in [-0.05, 0) is 36.8 Å². The second kappa shape index (κ2) is 9.47. The number of hydrogen-bond donors (Lipinski definition) is 1. The summed E-state index contributed by atoms with van der Waals surface area (Å²) >= 11 is 0. The van der Waals surface area contributed by atoms with Gasteiger partial charge < -0.3 is 15.0 Å². The lowest BCUT2D eigenvalue weighted by molar-refractivity contribution is -0.130. The van der Waals surface area contributed by atoms with Gasteiger partial charge >= 0.3 is 5.97 Å². The lowest BCUT2D eigenvalue weighted by Gasteiger charge is -2.17. The van der Waals surface area contributed by atoms with Gasteiger partial charge in [-0.25, -0.2) is 4.79 Å². The first-order valence-corrected chi connectivity index (χ1v) is 8.39. The topological polar surface area (TPSA) is 58.6 Å². The fourth-order valence-electron chi connectivity index (χ4n) is 2.39. The highest BCUT2D eigenvalue weighted by Crippen LogP contribution is 2.11. The monoisotopic (exact) mass is 340 g/mol. The van der Waals surface area contributed by atoms with E-state index in [0.29, 0.717) is 31.7 Å². The van der Waals surface area contributed by atoms with Crippen molar-refractivity contribution in [2.75, 3.05) is 25.5 Å². The molecule has 0 aliphatic carbocycles. The Balaban J connectivity index is 1.76. The summed E-state index contributed by atoms with van der Waals surface area (Å²) in [5.41, 5.74) is 2.50. The number of carbonyl (C=O) groups is 2. The molecule has 1 N–H and O–H groups in total. The number of amides is 1. The highest BCUT2D eigenvalue weighted by atomic mass is 16.5. The van der Waals surface area contributed by atoms with E-state index < -0.39 is 0 Å². The van der Waals surface area contributed by atoms with Crippen molar-refractivity contribution in [3.05, 3.63) is 65.7 Å². The number of rotatable bonds is 8. The summed E-state index contributed by atoms with van der Waals surface area (Å²) in [7, 11) is 1.81. The minimum Gasteiger partial charge on any atom is -0.462 e. The van der Waals surface area contributed by atoms with Gasteiger partial charge in [0.2, 0.25) is 5.91 Å². The van der Waals surface area contributed by atoms with Crippen molar-refractivity contribution in [1.82, 2.24) is 4.90 Å². The van der Waals surface area contributed by atoms with Crippen LogP contribution in [0.25, 0.3) is 0 Å². The van der Waals surface area contributed by atoms with Crippen molar-refractivity contribution in [2.45, 2.75) is 19.9 Å². The highest BCUT2D eigenvalue weighted by Gasteiger charge is 2.09. The smallest absolute Gasteiger partial charge is 0.338 e. The molecule has 0 atom stereocenters. The molecule has 0 saturated carbocycles. The maximum Gasteiger partial charge on any atom is 0.338 e. The fourth-order valence-corrected chi connectivity index (χ4v) is 2.39. The van der Waals surface area contributed by atoms with Gasteiger partial charge in [-0.2, -0.15) is 0 Å². The average molecular weight is 340 g/mol. The molecule has 2 rings (SSSR count). The molecule has 0 spiro atoms. The van der Waals surface area contributed by atoms with E-state index in [-0.39, 0.29) is 11.9 Å². The number of benzene rings is 2. The molecule has 0 heterocycles. The summed E-state index contributed by atoms with van der Waals surface area (Å²) in [5, 5.41) is 3.19. The quantitative estimate of drug-likeness (QED) is 0.749. The van der Waals surface area contributed by atoms with Gasteiger partial charge in [0.15, 0.2) is 0 Å². The van der Waals surface area contributed by atoms with Crippen LogP contribution in [-0.4, -0.2) is 37.0 Å². The molecular formula is C20H24N2O3. The molecular weight excluding hydrogens is 316 g/mol.